The van der Waals surface area contributed by atoms with Crippen LogP contribution in [0.25, 0.3) is 0 Å². The lowest BCUT2D eigenvalue weighted by Crippen LogP contribution is -2.26. The smallest absolute Gasteiger partial charge is 0.177 e. The zero-order valence-electron chi connectivity index (χ0n) is 8.65. The summed E-state index contributed by atoms with van der Waals surface area (Å²) in [5.41, 5.74) is 0.562. The van der Waals surface area contributed by atoms with Gasteiger partial charge in [0.2, 0.25) is 0 Å². The first kappa shape index (κ1) is 11.0. The van der Waals surface area contributed by atoms with Crippen molar-refractivity contribution in [1.29, 1.82) is 0 Å². The maximum absolute atomic E-state index is 11.1. The Kier molecular flexibility index (Phi) is 3.36. The molecule has 0 aromatic rings. The van der Waals surface area contributed by atoms with Crippen LogP contribution in [0.5, 0.6) is 0 Å². The van der Waals surface area contributed by atoms with E-state index < -0.39 is 0 Å². The van der Waals surface area contributed by atoms with Crippen molar-refractivity contribution in [3.63, 3.8) is 0 Å². The average Bonchev–Trinajstić information content (AvgIpc) is 2.70. The third-order valence-electron chi connectivity index (χ3n) is 2.93. The Morgan fingerprint density at radius 2 is 2.47 bits per heavy atom. The van der Waals surface area contributed by atoms with Crippen molar-refractivity contribution in [2.75, 3.05) is 13.2 Å². The van der Waals surface area contributed by atoms with Crippen molar-refractivity contribution in [3.05, 3.63) is 12.2 Å². The summed E-state index contributed by atoms with van der Waals surface area (Å²) >= 11 is 3.53. The summed E-state index contributed by atoms with van der Waals surface area (Å²) in [5, 5.41) is 0. The molecule has 0 saturated carbocycles. The number of ketones is 1. The van der Waals surface area contributed by atoms with Crippen LogP contribution < -0.4 is 0 Å². The van der Waals surface area contributed by atoms with Crippen molar-refractivity contribution in [3.8, 4) is 0 Å². The lowest BCUT2D eigenvalue weighted by atomic mass is 9.89. The van der Waals surface area contributed by atoms with E-state index in [-0.39, 0.29) is 10.7 Å². The van der Waals surface area contributed by atoms with E-state index >= 15 is 0 Å². The maximum Gasteiger partial charge on any atom is 0.177 e. The van der Waals surface area contributed by atoms with E-state index in [1.54, 1.807) is 6.92 Å². The molecule has 1 saturated heterocycles. The number of dihydropyridines is 1. The minimum Gasteiger partial charge on any atom is -0.381 e. The molecule has 0 amide bonds. The van der Waals surface area contributed by atoms with Gasteiger partial charge in [0.15, 0.2) is 5.78 Å². The largest absolute Gasteiger partial charge is 0.381 e. The molecular formula is C11H14BrNO2. The summed E-state index contributed by atoms with van der Waals surface area (Å²) in [6.45, 7) is 3.20. The minimum absolute atomic E-state index is 0.0214. The normalized spacial score (nSPS) is 35.3. The fourth-order valence-corrected chi connectivity index (χ4v) is 2.83. The lowest BCUT2D eigenvalue weighted by Gasteiger charge is -2.24. The fourth-order valence-electron chi connectivity index (χ4n) is 2.00. The molecule has 0 bridgehead atoms. The van der Waals surface area contributed by atoms with Gasteiger partial charge in [-0.25, -0.2) is 0 Å². The molecule has 3 nitrogen and oxygen atoms in total. The van der Waals surface area contributed by atoms with E-state index in [1.807, 2.05) is 6.08 Å². The van der Waals surface area contributed by atoms with Crippen molar-refractivity contribution in [1.82, 2.24) is 0 Å². The number of carbonyl (C=O) groups excluding carboxylic acids is 1. The molecule has 2 aliphatic heterocycles. The lowest BCUT2D eigenvalue weighted by molar-refractivity contribution is -0.111. The Morgan fingerprint density at radius 3 is 3.00 bits per heavy atom. The second kappa shape index (κ2) is 4.58. The number of allylic oxidation sites excluding steroid dienone is 1. The van der Waals surface area contributed by atoms with Gasteiger partial charge in [-0.15, -0.1) is 0 Å². The molecule has 1 fully saturated rings. The molecule has 2 heterocycles. The first-order valence-electron chi connectivity index (χ1n) is 5.17. The van der Waals surface area contributed by atoms with Crippen molar-refractivity contribution < 1.29 is 9.53 Å². The molecule has 0 aliphatic carbocycles. The Bertz CT molecular complexity index is 319. The molecule has 0 aromatic carbocycles. The molecule has 0 aromatic heterocycles. The number of Topliss-reactive ketones (excluding diaryl/α,β-unsaturated/α-hetero) is 1. The van der Waals surface area contributed by atoms with Crippen LogP contribution in [0.3, 0.4) is 0 Å². The van der Waals surface area contributed by atoms with Gasteiger partial charge in [-0.3, -0.25) is 9.79 Å². The second-order valence-electron chi connectivity index (χ2n) is 4.00. The van der Waals surface area contributed by atoms with Crippen LogP contribution >= 0.6 is 15.9 Å². The van der Waals surface area contributed by atoms with Gasteiger partial charge in [-0.1, -0.05) is 22.0 Å². The van der Waals surface area contributed by atoms with E-state index in [0.717, 1.165) is 19.6 Å². The number of hydrogen-bond donors (Lipinski definition) is 0. The summed E-state index contributed by atoms with van der Waals surface area (Å²) in [6, 6.07) is 0. The Morgan fingerprint density at radius 1 is 1.67 bits per heavy atom. The summed E-state index contributed by atoms with van der Waals surface area (Å²) in [6.07, 6.45) is 5.01. The highest BCUT2D eigenvalue weighted by Gasteiger charge is 2.31. The molecule has 0 N–H and O–H groups in total. The number of hydrogen-bond acceptors (Lipinski definition) is 3. The van der Waals surface area contributed by atoms with Gasteiger partial charge in [-0.2, -0.15) is 0 Å². The molecular weight excluding hydrogens is 258 g/mol. The minimum atomic E-state index is 0.0214. The SMILES string of the molecule is CC(=O)C1=NC(Br)C(C2CCOC2)C=C1. The standard InChI is InChI=1S/C11H14BrNO2/c1-7(14)10-3-2-9(11(12)13-10)8-4-5-15-6-8/h2-3,8-9,11H,4-6H2,1H3. The number of ether oxygens (including phenoxy) is 1. The highest BCUT2D eigenvalue weighted by atomic mass is 79.9. The van der Waals surface area contributed by atoms with Gasteiger partial charge >= 0.3 is 0 Å². The third-order valence-corrected chi connectivity index (χ3v) is 3.74. The van der Waals surface area contributed by atoms with E-state index in [0.29, 0.717) is 17.5 Å². The van der Waals surface area contributed by atoms with Crippen molar-refractivity contribution in [2.24, 2.45) is 16.8 Å². The highest BCUT2D eigenvalue weighted by molar-refractivity contribution is 9.09. The number of alkyl halides is 1. The number of rotatable bonds is 2. The van der Waals surface area contributed by atoms with E-state index in [2.05, 4.69) is 27.0 Å². The first-order valence-corrected chi connectivity index (χ1v) is 6.09. The number of aliphatic imine (C=N–C) groups is 1. The molecule has 0 spiro atoms. The van der Waals surface area contributed by atoms with Crippen LogP contribution in [0.15, 0.2) is 17.1 Å². The van der Waals surface area contributed by atoms with Crippen LogP contribution in [-0.2, 0) is 9.53 Å². The highest BCUT2D eigenvalue weighted by Crippen LogP contribution is 2.32. The van der Waals surface area contributed by atoms with E-state index in [1.165, 1.54) is 0 Å². The Balaban J connectivity index is 2.07. The van der Waals surface area contributed by atoms with Crippen LogP contribution in [0.4, 0.5) is 0 Å². The number of carbonyl (C=O) groups is 1. The van der Waals surface area contributed by atoms with Gasteiger partial charge in [-0.05, 0) is 18.4 Å². The molecule has 3 unspecified atom stereocenters. The molecule has 82 valence electrons. The predicted octanol–water partition coefficient (Wildman–Crippen LogP) is 1.96. The molecule has 2 rings (SSSR count). The monoisotopic (exact) mass is 271 g/mol. The van der Waals surface area contributed by atoms with Crippen molar-refractivity contribution in [2.45, 2.75) is 18.3 Å². The van der Waals surface area contributed by atoms with E-state index in [4.69, 9.17) is 4.74 Å². The van der Waals surface area contributed by atoms with Gasteiger partial charge in [0.05, 0.1) is 6.61 Å². The zero-order chi connectivity index (χ0) is 10.8. The maximum atomic E-state index is 11.1. The van der Waals surface area contributed by atoms with Crippen LogP contribution in [0, 0.1) is 11.8 Å². The van der Waals surface area contributed by atoms with Crippen LogP contribution in [-0.4, -0.2) is 29.7 Å². The number of nitrogens with zero attached hydrogens (tertiary/aromatic N) is 1. The van der Waals surface area contributed by atoms with Gasteiger partial charge in [0.25, 0.3) is 0 Å². The summed E-state index contributed by atoms with van der Waals surface area (Å²) < 4.78 is 5.36. The summed E-state index contributed by atoms with van der Waals surface area (Å²) in [5.74, 6) is 0.912. The molecule has 3 atom stereocenters. The van der Waals surface area contributed by atoms with Crippen molar-refractivity contribution >= 4 is 27.4 Å². The number of halogens is 1. The zero-order valence-corrected chi connectivity index (χ0v) is 10.2. The predicted molar refractivity (Wildman–Crippen MR) is 62.4 cm³/mol. The van der Waals surface area contributed by atoms with E-state index in [9.17, 15) is 4.79 Å². The average molecular weight is 272 g/mol. The topological polar surface area (TPSA) is 38.7 Å². The molecule has 2 aliphatic rings. The second-order valence-corrected chi connectivity index (χ2v) is 4.94. The molecule has 15 heavy (non-hydrogen) atoms. The molecule has 4 heteroatoms. The fraction of sp³-hybridized carbons (Fsp3) is 0.636. The first-order chi connectivity index (χ1) is 7.18. The summed E-state index contributed by atoms with van der Waals surface area (Å²) in [7, 11) is 0. The quantitative estimate of drug-likeness (QED) is 0.569. The van der Waals surface area contributed by atoms with Crippen LogP contribution in [0.2, 0.25) is 0 Å². The van der Waals surface area contributed by atoms with Gasteiger partial charge < -0.3 is 4.74 Å². The Labute approximate surface area is 97.7 Å². The summed E-state index contributed by atoms with van der Waals surface area (Å²) in [4.78, 5) is 15.5. The van der Waals surface area contributed by atoms with Crippen LogP contribution in [0.1, 0.15) is 13.3 Å². The Hall–Kier alpha value is -0.480. The molecule has 0 radical (unpaired) electrons. The third kappa shape index (κ3) is 2.37. The van der Waals surface area contributed by atoms with Gasteiger partial charge in [0, 0.05) is 19.4 Å². The van der Waals surface area contributed by atoms with Gasteiger partial charge in [0.1, 0.15) is 10.7 Å².